The highest BCUT2D eigenvalue weighted by Crippen LogP contribution is 2.30. The van der Waals surface area contributed by atoms with Gasteiger partial charge in [-0.25, -0.2) is 15.0 Å². The molecule has 0 spiro atoms. The van der Waals surface area contributed by atoms with Crippen molar-refractivity contribution in [1.82, 2.24) is 19.5 Å². The van der Waals surface area contributed by atoms with E-state index in [0.29, 0.717) is 30.2 Å². The Hall–Kier alpha value is -2.86. The second kappa shape index (κ2) is 7.80. The molecule has 27 heavy (non-hydrogen) atoms. The van der Waals surface area contributed by atoms with Crippen molar-refractivity contribution >= 4 is 0 Å². The molecule has 0 aliphatic carbocycles. The van der Waals surface area contributed by atoms with Crippen LogP contribution < -0.4 is 5.56 Å². The molecule has 0 saturated carbocycles. The molecular weight excluding hydrogens is 340 g/mol. The fourth-order valence-electron chi connectivity index (χ4n) is 3.73. The van der Waals surface area contributed by atoms with Gasteiger partial charge in [-0.3, -0.25) is 9.36 Å². The molecule has 0 fully saturated rings. The van der Waals surface area contributed by atoms with Crippen LogP contribution in [-0.2, 0) is 13.0 Å². The van der Waals surface area contributed by atoms with Crippen LogP contribution in [0.3, 0.4) is 0 Å². The first-order chi connectivity index (χ1) is 13.2. The molecule has 0 amide bonds. The molecule has 2 aromatic heterocycles. The van der Waals surface area contributed by atoms with E-state index in [2.05, 4.69) is 9.97 Å². The van der Waals surface area contributed by atoms with Gasteiger partial charge in [-0.2, -0.15) is 0 Å². The second-order valence-corrected chi connectivity index (χ2v) is 6.94. The molecule has 0 radical (unpaired) electrons. The zero-order valence-corrected chi connectivity index (χ0v) is 15.0. The third kappa shape index (κ3) is 3.80. The van der Waals surface area contributed by atoms with Gasteiger partial charge in [0.15, 0.2) is 0 Å². The van der Waals surface area contributed by atoms with Crippen LogP contribution in [0.25, 0.3) is 11.4 Å². The van der Waals surface area contributed by atoms with E-state index in [-0.39, 0.29) is 11.5 Å². The van der Waals surface area contributed by atoms with Crippen LogP contribution in [0, 0.1) is 0 Å². The van der Waals surface area contributed by atoms with Gasteiger partial charge < -0.3 is 5.11 Å². The summed E-state index contributed by atoms with van der Waals surface area (Å²) in [5.41, 5.74) is 2.14. The standard InChI is InChI=1S/C21H22N4O2/c26-19(12-15-6-2-1-3-7-15)16-8-4-5-11-25-20(27)13-18(24-21(16)25)17-9-10-22-14-23-17/h1-3,6-7,9-10,13-14,16,19,26H,4-5,8,11-12H2. The normalized spacial score (nSPS) is 17.7. The van der Waals surface area contributed by atoms with Crippen LogP contribution in [0.15, 0.2) is 59.8 Å². The average Bonchev–Trinajstić information content (AvgIpc) is 2.92. The maximum absolute atomic E-state index is 12.7. The summed E-state index contributed by atoms with van der Waals surface area (Å²) in [6, 6.07) is 13.2. The van der Waals surface area contributed by atoms with Crippen LogP contribution in [0.4, 0.5) is 0 Å². The van der Waals surface area contributed by atoms with Gasteiger partial charge in [0.2, 0.25) is 0 Å². The summed E-state index contributed by atoms with van der Waals surface area (Å²) in [7, 11) is 0. The molecule has 6 nitrogen and oxygen atoms in total. The SMILES string of the molecule is O=c1cc(-c2ccncn2)nc2n1CCCCC2C(O)Cc1ccccc1. The topological polar surface area (TPSA) is 80.9 Å². The van der Waals surface area contributed by atoms with Crippen molar-refractivity contribution in [3.05, 3.63) is 76.7 Å². The van der Waals surface area contributed by atoms with Gasteiger partial charge in [-0.15, -0.1) is 0 Å². The maximum atomic E-state index is 12.7. The molecule has 1 aliphatic rings. The summed E-state index contributed by atoms with van der Waals surface area (Å²) >= 11 is 0. The summed E-state index contributed by atoms with van der Waals surface area (Å²) in [6.45, 7) is 0.639. The van der Waals surface area contributed by atoms with Crippen molar-refractivity contribution in [1.29, 1.82) is 0 Å². The van der Waals surface area contributed by atoms with Crippen LogP contribution >= 0.6 is 0 Å². The van der Waals surface area contributed by atoms with E-state index >= 15 is 0 Å². The smallest absolute Gasteiger partial charge is 0.254 e. The Labute approximate surface area is 157 Å². The first kappa shape index (κ1) is 17.5. The molecule has 6 heteroatoms. The van der Waals surface area contributed by atoms with Crippen LogP contribution in [0.1, 0.15) is 36.6 Å². The van der Waals surface area contributed by atoms with Gasteiger partial charge in [0.1, 0.15) is 12.2 Å². The molecule has 2 unspecified atom stereocenters. The lowest BCUT2D eigenvalue weighted by Gasteiger charge is -2.23. The van der Waals surface area contributed by atoms with E-state index in [1.54, 1.807) is 16.8 Å². The Kier molecular flexibility index (Phi) is 5.07. The minimum absolute atomic E-state index is 0.0903. The molecule has 1 aromatic carbocycles. The lowest BCUT2D eigenvalue weighted by molar-refractivity contribution is 0.134. The van der Waals surface area contributed by atoms with Crippen molar-refractivity contribution in [2.75, 3.05) is 0 Å². The summed E-state index contributed by atoms with van der Waals surface area (Å²) < 4.78 is 1.72. The number of aliphatic hydroxyl groups is 1. The number of rotatable bonds is 4. The Morgan fingerprint density at radius 2 is 2.00 bits per heavy atom. The van der Waals surface area contributed by atoms with Gasteiger partial charge >= 0.3 is 0 Å². The number of nitrogens with zero attached hydrogens (tertiary/aromatic N) is 4. The second-order valence-electron chi connectivity index (χ2n) is 6.94. The van der Waals surface area contributed by atoms with Gasteiger partial charge in [-0.05, 0) is 30.9 Å². The molecule has 138 valence electrons. The third-order valence-electron chi connectivity index (χ3n) is 5.11. The summed E-state index contributed by atoms with van der Waals surface area (Å²) in [6.07, 6.45) is 5.71. The van der Waals surface area contributed by atoms with E-state index < -0.39 is 6.10 Å². The lowest BCUT2D eigenvalue weighted by Crippen LogP contribution is -2.30. The van der Waals surface area contributed by atoms with Gasteiger partial charge in [0.25, 0.3) is 5.56 Å². The molecule has 0 saturated heterocycles. The highest BCUT2D eigenvalue weighted by molar-refractivity contribution is 5.52. The molecule has 1 N–H and O–H groups in total. The van der Waals surface area contributed by atoms with E-state index in [1.165, 1.54) is 12.4 Å². The van der Waals surface area contributed by atoms with Crippen molar-refractivity contribution < 1.29 is 5.11 Å². The van der Waals surface area contributed by atoms with Gasteiger partial charge in [-0.1, -0.05) is 36.8 Å². The maximum Gasteiger partial charge on any atom is 0.254 e. The number of benzene rings is 1. The average molecular weight is 362 g/mol. The third-order valence-corrected chi connectivity index (χ3v) is 5.11. The van der Waals surface area contributed by atoms with Crippen molar-refractivity contribution in [2.45, 2.75) is 44.2 Å². The minimum Gasteiger partial charge on any atom is -0.392 e. The molecule has 4 rings (SSSR count). The van der Waals surface area contributed by atoms with E-state index in [4.69, 9.17) is 4.98 Å². The molecule has 3 heterocycles. The zero-order valence-electron chi connectivity index (χ0n) is 15.0. The number of hydrogen-bond acceptors (Lipinski definition) is 5. The van der Waals surface area contributed by atoms with Crippen LogP contribution in [0.2, 0.25) is 0 Å². The Morgan fingerprint density at radius 3 is 2.78 bits per heavy atom. The first-order valence-electron chi connectivity index (χ1n) is 9.32. The number of aliphatic hydroxyl groups excluding tert-OH is 1. The highest BCUT2D eigenvalue weighted by Gasteiger charge is 2.28. The molecule has 2 atom stereocenters. The van der Waals surface area contributed by atoms with Crippen LogP contribution in [-0.4, -0.2) is 30.7 Å². The Bertz CT molecular complexity index is 957. The Morgan fingerprint density at radius 1 is 1.15 bits per heavy atom. The largest absolute Gasteiger partial charge is 0.392 e. The molecular formula is C21H22N4O2. The van der Waals surface area contributed by atoms with E-state index in [9.17, 15) is 9.90 Å². The summed E-state index contributed by atoms with van der Waals surface area (Å²) in [4.78, 5) is 25.6. The fraction of sp³-hybridized carbons (Fsp3) is 0.333. The highest BCUT2D eigenvalue weighted by atomic mass is 16.3. The van der Waals surface area contributed by atoms with Gasteiger partial charge in [0.05, 0.1) is 17.5 Å². The molecule has 3 aromatic rings. The molecule has 1 aliphatic heterocycles. The lowest BCUT2D eigenvalue weighted by atomic mass is 9.91. The van der Waals surface area contributed by atoms with E-state index in [0.717, 1.165) is 24.8 Å². The number of aromatic nitrogens is 4. The number of fused-ring (bicyclic) bond motifs is 1. The van der Waals surface area contributed by atoms with E-state index in [1.807, 2.05) is 30.3 Å². The monoisotopic (exact) mass is 362 g/mol. The fourth-order valence-corrected chi connectivity index (χ4v) is 3.73. The quantitative estimate of drug-likeness (QED) is 0.771. The molecule has 0 bridgehead atoms. The van der Waals surface area contributed by atoms with Crippen molar-refractivity contribution in [2.24, 2.45) is 0 Å². The van der Waals surface area contributed by atoms with Crippen molar-refractivity contribution in [3.8, 4) is 11.4 Å². The predicted octanol–water partition coefficient (Wildman–Crippen LogP) is 2.57. The van der Waals surface area contributed by atoms with Crippen LogP contribution in [0.5, 0.6) is 0 Å². The minimum atomic E-state index is -0.593. The zero-order chi connectivity index (χ0) is 18.6. The van der Waals surface area contributed by atoms with Crippen molar-refractivity contribution in [3.63, 3.8) is 0 Å². The predicted molar refractivity (Wildman–Crippen MR) is 102 cm³/mol. The van der Waals surface area contributed by atoms with Gasteiger partial charge in [0, 0.05) is 24.7 Å². The Balaban J connectivity index is 1.73. The first-order valence-corrected chi connectivity index (χ1v) is 9.32. The number of hydrogen-bond donors (Lipinski definition) is 1. The summed E-state index contributed by atoms with van der Waals surface area (Å²) in [5.74, 6) is 0.485. The summed E-state index contributed by atoms with van der Waals surface area (Å²) in [5, 5.41) is 11.0.